The van der Waals surface area contributed by atoms with Crippen molar-refractivity contribution in [3.8, 4) is 0 Å². The van der Waals surface area contributed by atoms with Crippen molar-refractivity contribution in [3.05, 3.63) is 74.7 Å². The molecule has 0 unspecified atom stereocenters. The largest absolute Gasteiger partial charge is 0.287 e. The maximum Gasteiger partial charge on any atom is 0.287 e. The van der Waals surface area contributed by atoms with Crippen molar-refractivity contribution in [2.24, 2.45) is 0 Å². The predicted molar refractivity (Wildman–Crippen MR) is 116 cm³/mol. The van der Waals surface area contributed by atoms with E-state index in [2.05, 4.69) is 10.5 Å². The Balaban J connectivity index is 1.86. The third kappa shape index (κ3) is 4.98. The van der Waals surface area contributed by atoms with Crippen LogP contribution >= 0.6 is 0 Å². The van der Waals surface area contributed by atoms with E-state index in [-0.39, 0.29) is 27.2 Å². The van der Waals surface area contributed by atoms with Crippen LogP contribution in [0.5, 0.6) is 0 Å². The van der Waals surface area contributed by atoms with Gasteiger partial charge >= 0.3 is 0 Å². The Hall–Kier alpha value is -3.64. The van der Waals surface area contributed by atoms with E-state index in [0.717, 1.165) is 37.1 Å². The molecule has 0 bridgehead atoms. The van der Waals surface area contributed by atoms with Gasteiger partial charge in [0.2, 0.25) is 0 Å². The number of carbonyl (C=O) groups excluding carboxylic acids is 1. The van der Waals surface area contributed by atoms with Gasteiger partial charge in [-0.15, -0.1) is 4.83 Å². The zero-order valence-corrected chi connectivity index (χ0v) is 18.0. The summed E-state index contributed by atoms with van der Waals surface area (Å²) < 4.78 is 26.1. The van der Waals surface area contributed by atoms with Crippen LogP contribution in [-0.4, -0.2) is 29.0 Å². The van der Waals surface area contributed by atoms with E-state index in [1.807, 2.05) is 11.8 Å². The molecule has 32 heavy (non-hydrogen) atoms. The van der Waals surface area contributed by atoms with Gasteiger partial charge in [-0.2, -0.15) is 5.10 Å². The summed E-state index contributed by atoms with van der Waals surface area (Å²) in [5.74, 6) is -0.851. The van der Waals surface area contributed by atoms with Crippen LogP contribution < -0.4 is 15.8 Å². The van der Waals surface area contributed by atoms with Crippen LogP contribution in [0.1, 0.15) is 36.7 Å². The molecule has 1 aromatic heterocycles. The van der Waals surface area contributed by atoms with Crippen LogP contribution in [0, 0.1) is 10.1 Å². The number of sulfonamides is 1. The zero-order valence-electron chi connectivity index (χ0n) is 17.1. The summed E-state index contributed by atoms with van der Waals surface area (Å²) in [5.41, 5.74) is 1.38. The normalized spacial score (nSPS) is 11.4. The molecule has 12 heteroatoms. The molecule has 2 N–H and O–H groups in total. The van der Waals surface area contributed by atoms with Gasteiger partial charge in [0, 0.05) is 24.1 Å². The number of rotatable bonds is 9. The third-order valence-corrected chi connectivity index (χ3v) is 5.98. The van der Waals surface area contributed by atoms with Gasteiger partial charge in [0.15, 0.2) is 5.69 Å². The lowest BCUT2D eigenvalue weighted by atomic mass is 10.1. The first kappa shape index (κ1) is 23.0. The van der Waals surface area contributed by atoms with Crippen LogP contribution in [0.3, 0.4) is 0 Å². The summed E-state index contributed by atoms with van der Waals surface area (Å²) >= 11 is 0. The van der Waals surface area contributed by atoms with Crippen LogP contribution in [0.2, 0.25) is 0 Å². The number of nitrogens with one attached hydrogen (secondary N) is 2. The first-order chi connectivity index (χ1) is 15.2. The first-order valence-electron chi connectivity index (χ1n) is 9.81. The number of hydrazine groups is 1. The number of hydrogen-bond donors (Lipinski definition) is 2. The molecular weight excluding hydrogens is 438 g/mol. The minimum Gasteiger partial charge on any atom is -0.272 e. The third-order valence-electron chi connectivity index (χ3n) is 4.71. The number of nitrogens with zero attached hydrogens (tertiary/aromatic N) is 3. The molecule has 3 rings (SSSR count). The molecule has 0 spiro atoms. The van der Waals surface area contributed by atoms with Crippen molar-refractivity contribution in [1.29, 1.82) is 0 Å². The molecule has 11 nitrogen and oxygen atoms in total. The molecule has 0 aliphatic heterocycles. The summed E-state index contributed by atoms with van der Waals surface area (Å²) in [4.78, 5) is 37.2. The SMILES string of the molecule is CCCCCn1nc(C(=O)NNS(=O)(=O)c2ccc([N+](=O)[O-])cc2)c2ccccc2c1=O. The summed E-state index contributed by atoms with van der Waals surface area (Å²) in [5, 5.41) is 15.5. The van der Waals surface area contributed by atoms with Crippen LogP contribution in [0.4, 0.5) is 5.69 Å². The quantitative estimate of drug-likeness (QED) is 0.282. The van der Waals surface area contributed by atoms with Crippen molar-refractivity contribution < 1.29 is 18.1 Å². The van der Waals surface area contributed by atoms with E-state index in [1.54, 1.807) is 24.3 Å². The van der Waals surface area contributed by atoms with E-state index >= 15 is 0 Å². The van der Waals surface area contributed by atoms with Crippen molar-refractivity contribution >= 4 is 32.4 Å². The molecule has 1 amide bonds. The highest BCUT2D eigenvalue weighted by Gasteiger charge is 2.20. The lowest BCUT2D eigenvalue weighted by Crippen LogP contribution is -2.42. The van der Waals surface area contributed by atoms with Crippen LogP contribution in [0.15, 0.2) is 58.2 Å². The molecule has 3 aromatic rings. The number of non-ortho nitro benzene ring substituents is 1. The summed E-state index contributed by atoms with van der Waals surface area (Å²) in [6.45, 7) is 2.35. The van der Waals surface area contributed by atoms with Crippen molar-refractivity contribution in [3.63, 3.8) is 0 Å². The van der Waals surface area contributed by atoms with Crippen LogP contribution in [0.25, 0.3) is 10.8 Å². The van der Waals surface area contributed by atoms with E-state index in [0.29, 0.717) is 18.4 Å². The second kappa shape index (κ2) is 9.66. The standard InChI is InChI=1S/C20H21N5O6S/c1-2-3-6-13-24-20(27)17-8-5-4-7-16(17)18(22-24)19(26)21-23-32(30,31)15-11-9-14(10-12-15)25(28)29/h4-5,7-12,23H,2-3,6,13H2,1H3,(H,21,26). The second-order valence-electron chi connectivity index (χ2n) is 6.94. The highest BCUT2D eigenvalue weighted by molar-refractivity contribution is 7.89. The average molecular weight is 459 g/mol. The first-order valence-corrected chi connectivity index (χ1v) is 11.3. The van der Waals surface area contributed by atoms with Crippen LogP contribution in [-0.2, 0) is 16.6 Å². The maximum atomic E-state index is 12.8. The number of aromatic nitrogens is 2. The van der Waals surface area contributed by atoms with Gasteiger partial charge in [-0.3, -0.25) is 25.1 Å². The van der Waals surface area contributed by atoms with Crippen molar-refractivity contribution in [2.45, 2.75) is 37.6 Å². The number of unbranched alkanes of at least 4 members (excludes halogenated alkanes) is 2. The second-order valence-corrected chi connectivity index (χ2v) is 8.62. The molecular formula is C20H21N5O6S. The Morgan fingerprint density at radius 1 is 1.09 bits per heavy atom. The maximum absolute atomic E-state index is 12.8. The predicted octanol–water partition coefficient (Wildman–Crippen LogP) is 2.12. The fraction of sp³-hybridized carbons (Fsp3) is 0.250. The number of benzene rings is 2. The fourth-order valence-electron chi connectivity index (χ4n) is 3.04. The minimum absolute atomic E-state index is 0.108. The smallest absolute Gasteiger partial charge is 0.272 e. The lowest BCUT2D eigenvalue weighted by Gasteiger charge is -2.12. The zero-order chi connectivity index (χ0) is 23.3. The highest BCUT2D eigenvalue weighted by Crippen LogP contribution is 2.16. The fourth-order valence-corrected chi connectivity index (χ4v) is 3.88. The average Bonchev–Trinajstić information content (AvgIpc) is 2.79. The molecule has 0 atom stereocenters. The molecule has 168 valence electrons. The Bertz CT molecular complexity index is 1320. The van der Waals surface area contributed by atoms with Gasteiger partial charge in [-0.05, 0) is 24.6 Å². The number of aryl methyl sites for hydroxylation is 1. The molecule has 1 heterocycles. The number of fused-ring (bicyclic) bond motifs is 1. The summed E-state index contributed by atoms with van der Waals surface area (Å²) in [7, 11) is -4.20. The highest BCUT2D eigenvalue weighted by atomic mass is 32.2. The van der Waals surface area contributed by atoms with Gasteiger partial charge < -0.3 is 0 Å². The molecule has 0 saturated heterocycles. The molecule has 0 saturated carbocycles. The van der Waals surface area contributed by atoms with E-state index in [4.69, 9.17) is 0 Å². The van der Waals surface area contributed by atoms with Crippen molar-refractivity contribution in [2.75, 3.05) is 0 Å². The Morgan fingerprint density at radius 3 is 2.38 bits per heavy atom. The molecule has 2 aromatic carbocycles. The van der Waals surface area contributed by atoms with Gasteiger partial charge in [0.05, 0.1) is 15.2 Å². The molecule has 0 radical (unpaired) electrons. The van der Waals surface area contributed by atoms with E-state index in [9.17, 15) is 28.1 Å². The molecule has 0 fully saturated rings. The van der Waals surface area contributed by atoms with Gasteiger partial charge in [0.25, 0.3) is 27.2 Å². The summed E-state index contributed by atoms with van der Waals surface area (Å²) in [6.07, 6.45) is 2.53. The van der Waals surface area contributed by atoms with Gasteiger partial charge in [-0.25, -0.2) is 13.1 Å². The molecule has 0 aliphatic carbocycles. The number of nitro benzene ring substituents is 1. The number of amides is 1. The number of nitro groups is 1. The van der Waals surface area contributed by atoms with Gasteiger partial charge in [0.1, 0.15) is 0 Å². The minimum atomic E-state index is -4.20. The topological polar surface area (TPSA) is 153 Å². The summed E-state index contributed by atoms with van der Waals surface area (Å²) in [6, 6.07) is 10.6. The Morgan fingerprint density at radius 2 is 1.75 bits per heavy atom. The van der Waals surface area contributed by atoms with E-state index in [1.165, 1.54) is 4.68 Å². The Labute approximate surface area is 183 Å². The monoisotopic (exact) mass is 459 g/mol. The molecule has 0 aliphatic rings. The number of carbonyl (C=O) groups is 1. The lowest BCUT2D eigenvalue weighted by molar-refractivity contribution is -0.384. The van der Waals surface area contributed by atoms with Gasteiger partial charge in [-0.1, -0.05) is 38.0 Å². The number of hydrogen-bond acceptors (Lipinski definition) is 7. The van der Waals surface area contributed by atoms with E-state index < -0.39 is 20.9 Å². The van der Waals surface area contributed by atoms with Crippen molar-refractivity contribution in [1.82, 2.24) is 20.0 Å². The Kier molecular flexibility index (Phi) is 6.95.